The molecule has 100 valence electrons. The number of hydrogen-bond donors (Lipinski definition) is 2. The van der Waals surface area contributed by atoms with Crippen molar-refractivity contribution in [2.75, 3.05) is 0 Å². The second-order valence-electron chi connectivity index (χ2n) is 3.61. The molecular formula is C12H5Cl5O2. The van der Waals surface area contributed by atoms with Crippen molar-refractivity contribution in [2.24, 2.45) is 0 Å². The third kappa shape index (κ3) is 2.44. The zero-order valence-electron chi connectivity index (χ0n) is 9.02. The van der Waals surface area contributed by atoms with E-state index < -0.39 is 5.75 Å². The fourth-order valence-corrected chi connectivity index (χ4v) is 2.90. The largest absolute Gasteiger partial charge is 0.507 e. The van der Waals surface area contributed by atoms with Crippen molar-refractivity contribution < 1.29 is 10.2 Å². The minimum atomic E-state index is -0.423. The van der Waals surface area contributed by atoms with E-state index in [2.05, 4.69) is 0 Å². The van der Waals surface area contributed by atoms with Gasteiger partial charge in [0.25, 0.3) is 0 Å². The van der Waals surface area contributed by atoms with Crippen LogP contribution < -0.4 is 0 Å². The average Bonchev–Trinajstić information content (AvgIpc) is 2.37. The number of rotatable bonds is 1. The van der Waals surface area contributed by atoms with Gasteiger partial charge in [-0.05, 0) is 12.1 Å². The van der Waals surface area contributed by atoms with Gasteiger partial charge in [0.1, 0.15) is 15.8 Å². The number of phenolic OH excluding ortho intramolecular Hbond substituents is 2. The molecule has 0 bridgehead atoms. The molecule has 0 aromatic heterocycles. The molecule has 0 aliphatic heterocycles. The Morgan fingerprint density at radius 1 is 0.684 bits per heavy atom. The first kappa shape index (κ1) is 14.9. The summed E-state index contributed by atoms with van der Waals surface area (Å²) < 4.78 is 0. The Hall–Kier alpha value is -0.510. The van der Waals surface area contributed by atoms with Crippen molar-refractivity contribution in [1.29, 1.82) is 0 Å². The highest BCUT2D eigenvalue weighted by Crippen LogP contribution is 2.52. The lowest BCUT2D eigenvalue weighted by Crippen LogP contribution is -1.88. The fourth-order valence-electron chi connectivity index (χ4n) is 1.60. The van der Waals surface area contributed by atoms with Crippen molar-refractivity contribution in [3.63, 3.8) is 0 Å². The Labute approximate surface area is 134 Å². The third-order valence-electron chi connectivity index (χ3n) is 2.48. The molecular weight excluding hydrogens is 353 g/mol. The summed E-state index contributed by atoms with van der Waals surface area (Å²) in [5.74, 6) is -0.553. The van der Waals surface area contributed by atoms with Gasteiger partial charge in [-0.2, -0.15) is 0 Å². The normalized spacial score (nSPS) is 10.8. The molecule has 2 nitrogen and oxygen atoms in total. The number of phenols is 2. The Balaban J connectivity index is 2.92. The quantitative estimate of drug-likeness (QED) is 0.611. The molecule has 2 N–H and O–H groups in total. The molecule has 19 heavy (non-hydrogen) atoms. The molecule has 0 atom stereocenters. The van der Waals surface area contributed by atoms with Crippen LogP contribution in [0, 0.1) is 0 Å². The van der Waals surface area contributed by atoms with E-state index in [0.717, 1.165) is 0 Å². The van der Waals surface area contributed by atoms with E-state index in [1.807, 2.05) is 0 Å². The number of aromatic hydroxyl groups is 2. The highest BCUT2D eigenvalue weighted by Gasteiger charge is 2.24. The van der Waals surface area contributed by atoms with E-state index in [1.165, 1.54) is 6.07 Å². The van der Waals surface area contributed by atoms with Gasteiger partial charge in [0.05, 0.1) is 15.1 Å². The van der Waals surface area contributed by atoms with Gasteiger partial charge >= 0.3 is 0 Å². The highest BCUT2D eigenvalue weighted by molar-refractivity contribution is 6.52. The van der Waals surface area contributed by atoms with Gasteiger partial charge in [-0.15, -0.1) is 0 Å². The van der Waals surface area contributed by atoms with Gasteiger partial charge in [0.2, 0.25) is 0 Å². The van der Waals surface area contributed by atoms with Crippen molar-refractivity contribution in [3.05, 3.63) is 43.3 Å². The van der Waals surface area contributed by atoms with Gasteiger partial charge in [0.15, 0.2) is 5.75 Å². The second kappa shape index (κ2) is 5.47. The standard InChI is InChI=1S/C12H5Cl5O2/c13-4-2-1-3-5(18)6(4)7-8(14)10(16)12(19)11(17)9(7)15/h1-3,18-19H. The van der Waals surface area contributed by atoms with Crippen LogP contribution in [0.1, 0.15) is 0 Å². The van der Waals surface area contributed by atoms with E-state index in [1.54, 1.807) is 12.1 Å². The maximum Gasteiger partial charge on any atom is 0.155 e. The van der Waals surface area contributed by atoms with E-state index in [4.69, 9.17) is 58.0 Å². The fraction of sp³-hybridized carbons (Fsp3) is 0. The Kier molecular flexibility index (Phi) is 4.29. The van der Waals surface area contributed by atoms with Crippen LogP contribution in [0.4, 0.5) is 0 Å². The smallest absolute Gasteiger partial charge is 0.155 e. The monoisotopic (exact) mass is 356 g/mol. The maximum atomic E-state index is 9.89. The first-order valence-corrected chi connectivity index (χ1v) is 6.78. The molecule has 0 aliphatic carbocycles. The Morgan fingerprint density at radius 3 is 1.68 bits per heavy atom. The first-order chi connectivity index (χ1) is 8.86. The summed E-state index contributed by atoms with van der Waals surface area (Å²) >= 11 is 29.9. The van der Waals surface area contributed by atoms with Crippen LogP contribution in [0.15, 0.2) is 18.2 Å². The molecule has 0 fully saturated rings. The second-order valence-corrected chi connectivity index (χ2v) is 5.53. The minimum absolute atomic E-state index is 0.0445. The average molecular weight is 358 g/mol. The van der Waals surface area contributed by atoms with Crippen LogP contribution in [0.3, 0.4) is 0 Å². The molecule has 0 saturated carbocycles. The van der Waals surface area contributed by atoms with E-state index >= 15 is 0 Å². The van der Waals surface area contributed by atoms with Crippen LogP contribution in [0.25, 0.3) is 11.1 Å². The van der Waals surface area contributed by atoms with Crippen molar-refractivity contribution >= 4 is 58.0 Å². The molecule has 0 heterocycles. The van der Waals surface area contributed by atoms with E-state index in [9.17, 15) is 10.2 Å². The molecule has 0 amide bonds. The summed E-state index contributed by atoms with van der Waals surface area (Å²) in [7, 11) is 0. The summed E-state index contributed by atoms with van der Waals surface area (Å²) in [6.07, 6.45) is 0. The molecule has 0 radical (unpaired) electrons. The molecule has 0 saturated heterocycles. The van der Waals surface area contributed by atoms with E-state index in [0.29, 0.717) is 0 Å². The van der Waals surface area contributed by atoms with Crippen LogP contribution in [-0.4, -0.2) is 10.2 Å². The summed E-state index contributed by atoms with van der Waals surface area (Å²) in [5, 5.41) is 19.4. The lowest BCUT2D eigenvalue weighted by molar-refractivity contribution is 0.474. The number of halogens is 5. The maximum absolute atomic E-state index is 9.89. The molecule has 0 spiro atoms. The SMILES string of the molecule is Oc1cccc(Cl)c1-c1c(Cl)c(Cl)c(O)c(Cl)c1Cl. The van der Waals surface area contributed by atoms with Gasteiger partial charge in [-0.3, -0.25) is 0 Å². The van der Waals surface area contributed by atoms with Crippen molar-refractivity contribution in [2.45, 2.75) is 0 Å². The highest BCUT2D eigenvalue weighted by atomic mass is 35.5. The summed E-state index contributed by atoms with van der Waals surface area (Å²) in [6, 6.07) is 4.53. The number of benzene rings is 2. The summed E-state index contributed by atoms with van der Waals surface area (Å²) in [4.78, 5) is 0. The first-order valence-electron chi connectivity index (χ1n) is 4.89. The van der Waals surface area contributed by atoms with Crippen LogP contribution in [0.5, 0.6) is 11.5 Å². The number of hydrogen-bond acceptors (Lipinski definition) is 2. The molecule has 7 heteroatoms. The lowest BCUT2D eigenvalue weighted by Gasteiger charge is -2.14. The Morgan fingerprint density at radius 2 is 1.21 bits per heavy atom. The minimum Gasteiger partial charge on any atom is -0.507 e. The molecule has 2 aromatic carbocycles. The summed E-state index contributed by atoms with van der Waals surface area (Å²) in [5.41, 5.74) is 0.363. The van der Waals surface area contributed by atoms with Gasteiger partial charge in [-0.25, -0.2) is 0 Å². The third-order valence-corrected chi connectivity index (χ3v) is 4.48. The molecule has 0 aliphatic rings. The molecule has 2 rings (SSSR count). The molecule has 2 aromatic rings. The van der Waals surface area contributed by atoms with Crippen LogP contribution in [-0.2, 0) is 0 Å². The van der Waals surface area contributed by atoms with Gasteiger partial charge in [0, 0.05) is 11.1 Å². The predicted octanol–water partition coefficient (Wildman–Crippen LogP) is 6.03. The van der Waals surface area contributed by atoms with Gasteiger partial charge < -0.3 is 10.2 Å². The van der Waals surface area contributed by atoms with Crippen LogP contribution >= 0.6 is 58.0 Å². The van der Waals surface area contributed by atoms with Crippen molar-refractivity contribution in [1.82, 2.24) is 0 Å². The lowest BCUT2D eigenvalue weighted by atomic mass is 10.0. The van der Waals surface area contributed by atoms with Crippen molar-refractivity contribution in [3.8, 4) is 22.6 Å². The van der Waals surface area contributed by atoms with E-state index in [-0.39, 0.29) is 42.0 Å². The van der Waals surface area contributed by atoms with Gasteiger partial charge in [-0.1, -0.05) is 64.1 Å². The summed E-state index contributed by atoms with van der Waals surface area (Å²) in [6.45, 7) is 0. The topological polar surface area (TPSA) is 40.5 Å². The Bertz CT molecular complexity index is 620. The zero-order valence-corrected chi connectivity index (χ0v) is 12.8. The predicted molar refractivity (Wildman–Crippen MR) is 80.3 cm³/mol. The molecule has 0 unspecified atom stereocenters. The van der Waals surface area contributed by atoms with Crippen LogP contribution in [0.2, 0.25) is 25.1 Å². The zero-order chi connectivity index (χ0) is 14.3.